The molecule has 1 aliphatic rings. The van der Waals surface area contributed by atoms with Crippen LogP contribution in [0, 0.1) is 16.0 Å². The van der Waals surface area contributed by atoms with E-state index in [1.54, 1.807) is 6.20 Å². The average molecular weight is 343 g/mol. The minimum atomic E-state index is -0.440. The minimum absolute atomic E-state index is 0.0286. The molecule has 20 heavy (non-hydrogen) atoms. The molecule has 0 spiro atoms. The van der Waals surface area contributed by atoms with E-state index in [1.807, 2.05) is 4.90 Å². The highest BCUT2D eigenvalue weighted by Crippen LogP contribution is 2.32. The molecule has 1 fully saturated rings. The molecule has 1 aromatic rings. The van der Waals surface area contributed by atoms with Gasteiger partial charge in [0.2, 0.25) is 11.7 Å². The van der Waals surface area contributed by atoms with Crippen molar-refractivity contribution in [3.8, 4) is 0 Å². The first kappa shape index (κ1) is 14.7. The number of aromatic nitrogens is 1. The van der Waals surface area contributed by atoms with Crippen molar-refractivity contribution in [1.29, 1.82) is 0 Å². The second-order valence-electron chi connectivity index (χ2n) is 4.88. The van der Waals surface area contributed by atoms with E-state index in [1.165, 1.54) is 6.07 Å². The molecule has 0 saturated carbocycles. The molecule has 2 N–H and O–H groups in total. The number of hydrogen-bond donors (Lipinski definition) is 1. The third kappa shape index (κ3) is 3.44. The fourth-order valence-corrected chi connectivity index (χ4v) is 2.83. The van der Waals surface area contributed by atoms with Crippen molar-refractivity contribution in [1.82, 2.24) is 4.98 Å². The standard InChI is InChI=1S/C12H15BrN4O3/c13-9-5-10(17(19)20)12(15-6-9)16-3-1-2-8(7-16)4-11(14)18/h5-6,8H,1-4,7H2,(H2,14,18)/t8-/m1/s1. The van der Waals surface area contributed by atoms with Crippen molar-refractivity contribution in [2.75, 3.05) is 18.0 Å². The molecule has 2 heterocycles. The van der Waals surface area contributed by atoms with Gasteiger partial charge in [-0.05, 0) is 34.7 Å². The Hall–Kier alpha value is -1.70. The summed E-state index contributed by atoms with van der Waals surface area (Å²) in [6, 6.07) is 1.44. The largest absolute Gasteiger partial charge is 0.370 e. The Morgan fingerprint density at radius 2 is 2.40 bits per heavy atom. The van der Waals surface area contributed by atoms with Gasteiger partial charge in [-0.3, -0.25) is 14.9 Å². The van der Waals surface area contributed by atoms with E-state index in [2.05, 4.69) is 20.9 Å². The normalized spacial score (nSPS) is 18.9. The summed E-state index contributed by atoms with van der Waals surface area (Å²) in [6.45, 7) is 1.27. The van der Waals surface area contributed by atoms with Crippen molar-refractivity contribution in [3.05, 3.63) is 26.9 Å². The zero-order valence-corrected chi connectivity index (χ0v) is 12.4. The van der Waals surface area contributed by atoms with E-state index in [0.717, 1.165) is 12.8 Å². The summed E-state index contributed by atoms with van der Waals surface area (Å²) in [7, 11) is 0. The fourth-order valence-electron chi connectivity index (χ4n) is 2.51. The Bertz CT molecular complexity index is 537. The minimum Gasteiger partial charge on any atom is -0.370 e. The highest BCUT2D eigenvalue weighted by Gasteiger charge is 2.27. The Labute approximate surface area is 124 Å². The number of halogens is 1. The van der Waals surface area contributed by atoms with Crippen LogP contribution in [0.15, 0.2) is 16.7 Å². The second-order valence-corrected chi connectivity index (χ2v) is 5.79. The number of nitrogens with zero attached hydrogens (tertiary/aromatic N) is 3. The van der Waals surface area contributed by atoms with E-state index in [0.29, 0.717) is 29.8 Å². The number of carbonyl (C=O) groups excluding carboxylic acids is 1. The van der Waals surface area contributed by atoms with Gasteiger partial charge in [-0.1, -0.05) is 0 Å². The van der Waals surface area contributed by atoms with Gasteiger partial charge >= 0.3 is 5.69 Å². The van der Waals surface area contributed by atoms with E-state index in [-0.39, 0.29) is 17.5 Å². The number of rotatable bonds is 4. The lowest BCUT2D eigenvalue weighted by atomic mass is 9.94. The molecule has 8 heteroatoms. The third-order valence-electron chi connectivity index (χ3n) is 3.32. The molecule has 1 aromatic heterocycles. The number of anilines is 1. The first-order valence-electron chi connectivity index (χ1n) is 6.30. The van der Waals surface area contributed by atoms with Gasteiger partial charge in [0.05, 0.1) is 4.92 Å². The van der Waals surface area contributed by atoms with Gasteiger partial charge in [-0.15, -0.1) is 0 Å². The van der Waals surface area contributed by atoms with Crippen LogP contribution in [0.25, 0.3) is 0 Å². The van der Waals surface area contributed by atoms with Gasteiger partial charge in [-0.2, -0.15) is 0 Å². The van der Waals surface area contributed by atoms with Crippen molar-refractivity contribution >= 4 is 33.3 Å². The van der Waals surface area contributed by atoms with Crippen LogP contribution in [-0.4, -0.2) is 28.9 Å². The maximum atomic E-state index is 11.1. The molecule has 1 atom stereocenters. The molecular weight excluding hydrogens is 328 g/mol. The maximum absolute atomic E-state index is 11.1. The SMILES string of the molecule is NC(=O)C[C@H]1CCCN(c2ncc(Br)cc2[N+](=O)[O-])C1. The topological polar surface area (TPSA) is 102 Å². The number of amides is 1. The van der Waals surface area contributed by atoms with Gasteiger partial charge in [0.25, 0.3) is 0 Å². The van der Waals surface area contributed by atoms with Crippen molar-refractivity contribution in [3.63, 3.8) is 0 Å². The number of hydrogen-bond acceptors (Lipinski definition) is 5. The summed E-state index contributed by atoms with van der Waals surface area (Å²) >= 11 is 3.19. The van der Waals surface area contributed by atoms with Crippen molar-refractivity contribution < 1.29 is 9.72 Å². The van der Waals surface area contributed by atoms with Gasteiger partial charge < -0.3 is 10.6 Å². The van der Waals surface area contributed by atoms with Crippen LogP contribution in [0.3, 0.4) is 0 Å². The van der Waals surface area contributed by atoms with Crippen LogP contribution in [0.2, 0.25) is 0 Å². The van der Waals surface area contributed by atoms with Gasteiger partial charge in [-0.25, -0.2) is 4.98 Å². The molecule has 7 nitrogen and oxygen atoms in total. The van der Waals surface area contributed by atoms with Crippen LogP contribution < -0.4 is 10.6 Å². The molecule has 0 aromatic carbocycles. The molecule has 0 unspecified atom stereocenters. The highest BCUT2D eigenvalue weighted by molar-refractivity contribution is 9.10. The van der Waals surface area contributed by atoms with Crippen LogP contribution in [0.4, 0.5) is 11.5 Å². The molecule has 0 aliphatic carbocycles. The Morgan fingerprint density at radius 1 is 1.65 bits per heavy atom. The lowest BCUT2D eigenvalue weighted by Gasteiger charge is -2.32. The van der Waals surface area contributed by atoms with Gasteiger partial charge in [0.1, 0.15) is 0 Å². The predicted molar refractivity (Wildman–Crippen MR) is 77.3 cm³/mol. The predicted octanol–water partition coefficient (Wildman–Crippen LogP) is 1.84. The van der Waals surface area contributed by atoms with Crippen LogP contribution in [0.5, 0.6) is 0 Å². The van der Waals surface area contributed by atoms with E-state index in [9.17, 15) is 14.9 Å². The third-order valence-corrected chi connectivity index (χ3v) is 3.75. The lowest BCUT2D eigenvalue weighted by Crippen LogP contribution is -2.37. The molecule has 1 amide bonds. The molecule has 1 saturated heterocycles. The maximum Gasteiger partial charge on any atom is 0.312 e. The summed E-state index contributed by atoms with van der Waals surface area (Å²) in [5.74, 6) is 0.147. The zero-order valence-electron chi connectivity index (χ0n) is 10.8. The van der Waals surface area contributed by atoms with Crippen LogP contribution in [0.1, 0.15) is 19.3 Å². The van der Waals surface area contributed by atoms with E-state index < -0.39 is 4.92 Å². The fraction of sp³-hybridized carbons (Fsp3) is 0.500. The monoisotopic (exact) mass is 342 g/mol. The van der Waals surface area contributed by atoms with Crippen molar-refractivity contribution in [2.45, 2.75) is 19.3 Å². The smallest absolute Gasteiger partial charge is 0.312 e. The molecule has 0 bridgehead atoms. The lowest BCUT2D eigenvalue weighted by molar-refractivity contribution is -0.384. The Morgan fingerprint density at radius 3 is 3.05 bits per heavy atom. The number of carbonyl (C=O) groups is 1. The van der Waals surface area contributed by atoms with Gasteiger partial charge in [0.15, 0.2) is 0 Å². The van der Waals surface area contributed by atoms with E-state index >= 15 is 0 Å². The summed E-state index contributed by atoms with van der Waals surface area (Å²) < 4.78 is 0.568. The Kier molecular flexibility index (Phi) is 4.53. The average Bonchev–Trinajstić information content (AvgIpc) is 2.38. The van der Waals surface area contributed by atoms with E-state index in [4.69, 9.17) is 5.73 Å². The quantitative estimate of drug-likeness (QED) is 0.664. The molecular formula is C12H15BrN4O3. The molecule has 1 aliphatic heterocycles. The van der Waals surface area contributed by atoms with Crippen molar-refractivity contribution in [2.24, 2.45) is 11.7 Å². The number of nitro groups is 1. The Balaban J connectivity index is 2.22. The summed E-state index contributed by atoms with van der Waals surface area (Å²) in [5, 5.41) is 11.1. The number of pyridine rings is 1. The summed E-state index contributed by atoms with van der Waals surface area (Å²) in [5.41, 5.74) is 5.19. The van der Waals surface area contributed by atoms with Crippen LogP contribution in [-0.2, 0) is 4.79 Å². The summed E-state index contributed by atoms with van der Waals surface area (Å²) in [4.78, 5) is 27.7. The highest BCUT2D eigenvalue weighted by atomic mass is 79.9. The number of nitrogens with two attached hydrogens (primary N) is 1. The first-order valence-corrected chi connectivity index (χ1v) is 7.10. The zero-order chi connectivity index (χ0) is 14.7. The molecule has 2 rings (SSSR count). The summed E-state index contributed by atoms with van der Waals surface area (Å²) in [6.07, 6.45) is 3.62. The molecule has 108 valence electrons. The molecule has 0 radical (unpaired) electrons. The second kappa shape index (κ2) is 6.17. The van der Waals surface area contributed by atoms with Gasteiger partial charge in [0, 0.05) is 36.2 Å². The first-order chi connectivity index (χ1) is 9.47. The number of piperidine rings is 1. The number of primary amides is 1. The van der Waals surface area contributed by atoms with Crippen LogP contribution >= 0.6 is 15.9 Å².